The van der Waals surface area contributed by atoms with Gasteiger partial charge in [0.15, 0.2) is 0 Å². The number of nitrogens with one attached hydrogen (secondary N) is 1. The van der Waals surface area contributed by atoms with E-state index in [1.807, 2.05) is 91.9 Å². The molecule has 0 saturated heterocycles. The van der Waals surface area contributed by atoms with Gasteiger partial charge in [-0.1, -0.05) is 109 Å². The summed E-state index contributed by atoms with van der Waals surface area (Å²) in [5, 5.41) is 3.22. The van der Waals surface area contributed by atoms with Crippen LogP contribution in [0.2, 0.25) is 0 Å². The number of rotatable bonds is 14. The van der Waals surface area contributed by atoms with Crippen LogP contribution in [0.5, 0.6) is 11.5 Å². The van der Waals surface area contributed by atoms with E-state index in [1.165, 1.54) is 12.1 Å². The van der Waals surface area contributed by atoms with Crippen molar-refractivity contribution in [1.29, 1.82) is 0 Å². The van der Waals surface area contributed by atoms with Crippen molar-refractivity contribution in [3.63, 3.8) is 0 Å². The Hall–Kier alpha value is -5.41. The van der Waals surface area contributed by atoms with Crippen LogP contribution in [0.1, 0.15) is 42.4 Å². The van der Waals surface area contributed by atoms with E-state index in [-0.39, 0.29) is 35.5 Å². The van der Waals surface area contributed by atoms with Crippen molar-refractivity contribution < 1.29 is 22.7 Å². The van der Waals surface area contributed by atoms with Crippen LogP contribution in [-0.4, -0.2) is 43.8 Å². The van der Waals surface area contributed by atoms with Gasteiger partial charge in [0.05, 0.1) is 10.6 Å². The van der Waals surface area contributed by atoms with E-state index in [9.17, 15) is 18.0 Å². The zero-order valence-corrected chi connectivity index (χ0v) is 29.5. The first-order chi connectivity index (χ1) is 24.8. The Morgan fingerprint density at radius 3 is 1.98 bits per heavy atom. The predicted octanol–water partition coefficient (Wildman–Crippen LogP) is 7.68. The standard InChI is InChI=1S/C42H43N3O5S/c1-32-14-13-17-34(28-32)30-44(40(29-33-15-5-2-6-16-33)42(47)43-35-18-11-12-19-35)41(46)31-45(51(48,49)39-22-9-4-10-23-39)36-24-26-38(27-25-36)50-37-20-7-3-8-21-37/h2-10,13-17,20-28,35,40H,11-12,18-19,29-31H2,1H3,(H,43,47). The molecule has 0 aromatic heterocycles. The summed E-state index contributed by atoms with van der Waals surface area (Å²) < 4.78 is 35.8. The molecule has 1 atom stereocenters. The Balaban J connectivity index is 1.38. The van der Waals surface area contributed by atoms with Gasteiger partial charge in [0.1, 0.15) is 24.1 Å². The van der Waals surface area contributed by atoms with Crippen molar-refractivity contribution >= 4 is 27.5 Å². The summed E-state index contributed by atoms with van der Waals surface area (Å²) in [6.45, 7) is 1.58. The number of ether oxygens (including phenoxy) is 1. The van der Waals surface area contributed by atoms with Gasteiger partial charge in [0, 0.05) is 19.0 Å². The molecule has 8 nitrogen and oxygen atoms in total. The lowest BCUT2D eigenvalue weighted by Crippen LogP contribution is -2.54. The molecule has 5 aromatic rings. The van der Waals surface area contributed by atoms with Crippen molar-refractivity contribution in [2.24, 2.45) is 0 Å². The first kappa shape index (κ1) is 35.4. The van der Waals surface area contributed by atoms with Crippen molar-refractivity contribution in [2.45, 2.75) is 62.6 Å². The number of para-hydroxylation sites is 1. The van der Waals surface area contributed by atoms with E-state index in [1.54, 1.807) is 47.4 Å². The Kier molecular flexibility index (Phi) is 11.5. The van der Waals surface area contributed by atoms with E-state index in [0.717, 1.165) is 46.7 Å². The van der Waals surface area contributed by atoms with Gasteiger partial charge in [-0.3, -0.25) is 13.9 Å². The topological polar surface area (TPSA) is 96.0 Å². The lowest BCUT2D eigenvalue weighted by atomic mass is 10.0. The molecule has 9 heteroatoms. The molecule has 262 valence electrons. The number of hydrogen-bond acceptors (Lipinski definition) is 5. The maximum atomic E-state index is 14.8. The second kappa shape index (κ2) is 16.5. The molecule has 0 aliphatic heterocycles. The van der Waals surface area contributed by atoms with E-state index in [4.69, 9.17) is 4.74 Å². The fourth-order valence-corrected chi connectivity index (χ4v) is 7.92. The summed E-state index contributed by atoms with van der Waals surface area (Å²) in [7, 11) is -4.21. The molecule has 0 spiro atoms. The van der Waals surface area contributed by atoms with Gasteiger partial charge >= 0.3 is 0 Å². The van der Waals surface area contributed by atoms with Gasteiger partial charge < -0.3 is 15.0 Å². The van der Waals surface area contributed by atoms with Gasteiger partial charge in [-0.15, -0.1) is 0 Å². The van der Waals surface area contributed by atoms with Gasteiger partial charge in [0.2, 0.25) is 11.8 Å². The number of amides is 2. The van der Waals surface area contributed by atoms with E-state index in [2.05, 4.69) is 5.32 Å². The third-order valence-corrected chi connectivity index (χ3v) is 10.9. The molecule has 51 heavy (non-hydrogen) atoms. The fraction of sp³-hybridized carbons (Fsp3) is 0.238. The average molecular weight is 702 g/mol. The second-order valence-corrected chi connectivity index (χ2v) is 14.8. The molecule has 1 fully saturated rings. The lowest BCUT2D eigenvalue weighted by molar-refractivity contribution is -0.140. The molecule has 1 unspecified atom stereocenters. The van der Waals surface area contributed by atoms with Gasteiger partial charge in [-0.05, 0) is 79.4 Å². The number of sulfonamides is 1. The third kappa shape index (κ3) is 9.23. The monoisotopic (exact) mass is 701 g/mol. The molecule has 0 heterocycles. The molecule has 1 aliphatic rings. The first-order valence-electron chi connectivity index (χ1n) is 17.4. The van der Waals surface area contributed by atoms with Crippen LogP contribution in [0, 0.1) is 6.92 Å². The molecule has 0 bridgehead atoms. The second-order valence-electron chi connectivity index (χ2n) is 12.9. The molecule has 2 amide bonds. The van der Waals surface area contributed by atoms with Crippen molar-refractivity contribution in [1.82, 2.24) is 10.2 Å². The highest BCUT2D eigenvalue weighted by Crippen LogP contribution is 2.29. The largest absolute Gasteiger partial charge is 0.457 e. The molecule has 1 aliphatic carbocycles. The van der Waals surface area contributed by atoms with Gasteiger partial charge in [-0.2, -0.15) is 0 Å². The lowest BCUT2D eigenvalue weighted by Gasteiger charge is -2.34. The summed E-state index contributed by atoms with van der Waals surface area (Å²) in [5.41, 5.74) is 3.04. The first-order valence-corrected chi connectivity index (χ1v) is 18.8. The van der Waals surface area contributed by atoms with Crippen LogP contribution in [0.15, 0.2) is 144 Å². The number of aryl methyl sites for hydroxylation is 1. The van der Waals surface area contributed by atoms with Gasteiger partial charge in [0.25, 0.3) is 10.0 Å². The highest BCUT2D eigenvalue weighted by Gasteiger charge is 2.35. The number of anilines is 1. The van der Waals surface area contributed by atoms with Crippen LogP contribution in [-0.2, 0) is 32.6 Å². The number of benzene rings is 5. The Morgan fingerprint density at radius 1 is 0.745 bits per heavy atom. The Bertz CT molecular complexity index is 2000. The maximum Gasteiger partial charge on any atom is 0.264 e. The number of carbonyl (C=O) groups excluding carboxylic acids is 2. The molecule has 0 radical (unpaired) electrons. The minimum Gasteiger partial charge on any atom is -0.457 e. The third-order valence-electron chi connectivity index (χ3n) is 9.12. The quantitative estimate of drug-likeness (QED) is 0.128. The Morgan fingerprint density at radius 2 is 1.33 bits per heavy atom. The zero-order valence-electron chi connectivity index (χ0n) is 28.7. The van der Waals surface area contributed by atoms with E-state index in [0.29, 0.717) is 11.5 Å². The van der Waals surface area contributed by atoms with Crippen LogP contribution in [0.4, 0.5) is 5.69 Å². The Labute approximate surface area is 300 Å². The van der Waals surface area contributed by atoms with Crippen molar-refractivity contribution in [3.8, 4) is 11.5 Å². The minimum absolute atomic E-state index is 0.0401. The molecular formula is C42H43N3O5S. The van der Waals surface area contributed by atoms with Crippen LogP contribution < -0.4 is 14.4 Å². The number of nitrogens with zero attached hydrogens (tertiary/aromatic N) is 2. The van der Waals surface area contributed by atoms with Crippen LogP contribution in [0.3, 0.4) is 0 Å². The van der Waals surface area contributed by atoms with Gasteiger partial charge in [-0.25, -0.2) is 8.42 Å². The van der Waals surface area contributed by atoms with Crippen molar-refractivity contribution in [3.05, 3.63) is 156 Å². The highest BCUT2D eigenvalue weighted by atomic mass is 32.2. The summed E-state index contributed by atoms with van der Waals surface area (Å²) in [6.07, 6.45) is 4.14. The van der Waals surface area contributed by atoms with E-state index >= 15 is 0 Å². The molecule has 1 N–H and O–H groups in total. The predicted molar refractivity (Wildman–Crippen MR) is 200 cm³/mol. The normalized spacial score (nSPS) is 13.7. The van der Waals surface area contributed by atoms with Crippen molar-refractivity contribution in [2.75, 3.05) is 10.8 Å². The minimum atomic E-state index is -4.21. The van der Waals surface area contributed by atoms with Crippen LogP contribution >= 0.6 is 0 Å². The summed E-state index contributed by atoms with van der Waals surface area (Å²) in [4.78, 5) is 30.6. The van der Waals surface area contributed by atoms with E-state index < -0.39 is 28.5 Å². The van der Waals surface area contributed by atoms with Crippen LogP contribution in [0.25, 0.3) is 0 Å². The molecule has 1 saturated carbocycles. The smallest absolute Gasteiger partial charge is 0.264 e. The number of hydrogen-bond donors (Lipinski definition) is 1. The SMILES string of the molecule is Cc1cccc(CN(C(=O)CN(c2ccc(Oc3ccccc3)cc2)S(=O)(=O)c2ccccc2)C(Cc2ccccc2)C(=O)NC2CCCC2)c1. The molecule has 6 rings (SSSR count). The summed E-state index contributed by atoms with van der Waals surface area (Å²) in [6, 6.07) is 40.5. The number of carbonyl (C=O) groups is 2. The summed E-state index contributed by atoms with van der Waals surface area (Å²) in [5.74, 6) is 0.414. The maximum absolute atomic E-state index is 14.8. The highest BCUT2D eigenvalue weighted by molar-refractivity contribution is 7.92. The molecule has 5 aromatic carbocycles. The molecular weight excluding hydrogens is 659 g/mol. The zero-order chi connectivity index (χ0) is 35.6. The fourth-order valence-electron chi connectivity index (χ4n) is 6.48. The average Bonchev–Trinajstić information content (AvgIpc) is 3.66. The summed E-state index contributed by atoms with van der Waals surface area (Å²) >= 11 is 0.